The van der Waals surface area contributed by atoms with E-state index in [9.17, 15) is 15.3 Å². The Bertz CT molecular complexity index is 1020. The second-order valence-electron chi connectivity index (χ2n) is 7.27. The van der Waals surface area contributed by atoms with Crippen molar-refractivity contribution in [2.24, 2.45) is 0 Å². The maximum Gasteiger partial charge on any atom is 0.326 e. The maximum absolute atomic E-state index is 10.3. The van der Waals surface area contributed by atoms with E-state index >= 15 is 0 Å². The lowest BCUT2D eigenvalue weighted by molar-refractivity contribution is -0.0511. The number of nitrogens with two attached hydrogens (primary N) is 1. The van der Waals surface area contributed by atoms with Gasteiger partial charge in [-0.2, -0.15) is 9.97 Å². The van der Waals surface area contributed by atoms with Crippen molar-refractivity contribution in [3.05, 3.63) is 36.2 Å². The summed E-state index contributed by atoms with van der Waals surface area (Å²) in [6, 6.07) is 7.60. The first-order valence-corrected chi connectivity index (χ1v) is 9.29. The summed E-state index contributed by atoms with van der Waals surface area (Å²) in [6.07, 6.45) is -3.03. The lowest BCUT2D eigenvalue weighted by atomic mass is 10.0. The van der Waals surface area contributed by atoms with E-state index in [-0.39, 0.29) is 17.5 Å². The van der Waals surface area contributed by atoms with Crippen LogP contribution in [0, 0.1) is 0 Å². The van der Waals surface area contributed by atoms with Crippen molar-refractivity contribution in [2.75, 3.05) is 12.3 Å². The van der Waals surface area contributed by atoms with Gasteiger partial charge in [0.25, 0.3) is 0 Å². The predicted molar refractivity (Wildman–Crippen MR) is 103 cm³/mol. The van der Waals surface area contributed by atoms with E-state index in [1.807, 2.05) is 18.2 Å². The quantitative estimate of drug-likeness (QED) is 0.490. The molecule has 5 N–H and O–H groups in total. The fourth-order valence-corrected chi connectivity index (χ4v) is 3.30. The Kier molecular flexibility index (Phi) is 5.09. The van der Waals surface area contributed by atoms with E-state index in [0.717, 1.165) is 5.56 Å². The molecule has 29 heavy (non-hydrogen) atoms. The number of imidazole rings is 1. The second-order valence-corrected chi connectivity index (χ2v) is 7.27. The molecule has 154 valence electrons. The van der Waals surface area contributed by atoms with Gasteiger partial charge in [-0.15, -0.1) is 0 Å². The van der Waals surface area contributed by atoms with Crippen LogP contribution in [0.4, 0.5) is 5.82 Å². The third-order valence-corrected chi connectivity index (χ3v) is 4.95. The summed E-state index contributed by atoms with van der Waals surface area (Å²) in [5.41, 5.74) is 7.71. The van der Waals surface area contributed by atoms with Crippen LogP contribution in [-0.4, -0.2) is 59.8 Å². The summed E-state index contributed by atoms with van der Waals surface area (Å²) in [5.74, 6) is 1.00. The van der Waals surface area contributed by atoms with E-state index in [2.05, 4.69) is 28.8 Å². The molecule has 10 heteroatoms. The number of fused-ring (bicyclic) bond motifs is 1. The number of nitrogen functional groups attached to an aromatic ring is 1. The van der Waals surface area contributed by atoms with Gasteiger partial charge >= 0.3 is 6.01 Å². The first-order valence-electron chi connectivity index (χ1n) is 9.29. The van der Waals surface area contributed by atoms with Crippen LogP contribution in [0.3, 0.4) is 0 Å². The van der Waals surface area contributed by atoms with Crippen LogP contribution in [0.2, 0.25) is 0 Å². The molecular formula is C19H23N5O5. The van der Waals surface area contributed by atoms with E-state index in [4.69, 9.17) is 15.2 Å². The fraction of sp³-hybridized carbons (Fsp3) is 0.421. The van der Waals surface area contributed by atoms with Crippen LogP contribution in [-0.2, 0) is 4.74 Å². The fourth-order valence-electron chi connectivity index (χ4n) is 3.30. The van der Waals surface area contributed by atoms with Crippen molar-refractivity contribution in [1.82, 2.24) is 19.5 Å². The number of rotatable bonds is 5. The average Bonchev–Trinajstić information content (AvgIpc) is 3.24. The molecule has 0 bridgehead atoms. The van der Waals surface area contributed by atoms with Gasteiger partial charge in [-0.3, -0.25) is 4.57 Å². The number of aromatic nitrogens is 4. The molecule has 2 aromatic heterocycles. The van der Waals surface area contributed by atoms with Gasteiger partial charge in [0.1, 0.15) is 24.1 Å². The van der Waals surface area contributed by atoms with Gasteiger partial charge in [0.15, 0.2) is 23.2 Å². The Balaban J connectivity index is 1.70. The minimum Gasteiger partial charge on any atom is -0.424 e. The normalized spacial score (nSPS) is 24.5. The van der Waals surface area contributed by atoms with Crippen LogP contribution in [0.15, 0.2) is 30.6 Å². The van der Waals surface area contributed by atoms with E-state index in [0.29, 0.717) is 17.2 Å². The average molecular weight is 401 g/mol. The topological polar surface area (TPSA) is 149 Å². The van der Waals surface area contributed by atoms with Crippen LogP contribution >= 0.6 is 0 Å². The first kappa shape index (κ1) is 19.5. The highest BCUT2D eigenvalue weighted by atomic mass is 16.6. The molecule has 0 radical (unpaired) electrons. The number of benzene rings is 1. The third kappa shape index (κ3) is 3.51. The van der Waals surface area contributed by atoms with Crippen LogP contribution < -0.4 is 10.5 Å². The van der Waals surface area contributed by atoms with Crippen molar-refractivity contribution in [3.63, 3.8) is 0 Å². The number of aliphatic hydroxyl groups excluding tert-OH is 3. The third-order valence-electron chi connectivity index (χ3n) is 4.95. The van der Waals surface area contributed by atoms with Gasteiger partial charge in [-0.05, 0) is 23.6 Å². The summed E-state index contributed by atoms with van der Waals surface area (Å²) >= 11 is 0. The number of ether oxygens (including phenoxy) is 2. The molecule has 4 rings (SSSR count). The van der Waals surface area contributed by atoms with Crippen LogP contribution in [0.5, 0.6) is 11.8 Å². The van der Waals surface area contributed by atoms with Crippen LogP contribution in [0.1, 0.15) is 31.6 Å². The van der Waals surface area contributed by atoms with Crippen molar-refractivity contribution >= 4 is 17.0 Å². The molecule has 3 aromatic rings. The summed E-state index contributed by atoms with van der Waals surface area (Å²) in [5, 5.41) is 29.6. The zero-order valence-electron chi connectivity index (χ0n) is 16.0. The number of anilines is 1. The molecule has 0 spiro atoms. The number of hydrogen-bond donors (Lipinski definition) is 4. The molecule has 0 saturated carbocycles. The summed E-state index contributed by atoms with van der Waals surface area (Å²) in [7, 11) is 0. The Morgan fingerprint density at radius 3 is 2.72 bits per heavy atom. The molecule has 1 aliphatic rings. The molecule has 1 aliphatic heterocycles. The zero-order chi connectivity index (χ0) is 20.7. The van der Waals surface area contributed by atoms with Gasteiger partial charge in [0.05, 0.1) is 12.9 Å². The monoisotopic (exact) mass is 401 g/mol. The zero-order valence-corrected chi connectivity index (χ0v) is 16.0. The Morgan fingerprint density at radius 1 is 1.24 bits per heavy atom. The summed E-state index contributed by atoms with van der Waals surface area (Å²) < 4.78 is 12.8. The lowest BCUT2D eigenvalue weighted by Gasteiger charge is -2.16. The van der Waals surface area contributed by atoms with Gasteiger partial charge < -0.3 is 30.5 Å². The Labute approximate surface area is 166 Å². The van der Waals surface area contributed by atoms with Gasteiger partial charge in [-0.1, -0.05) is 26.0 Å². The van der Waals surface area contributed by atoms with Gasteiger partial charge in [0.2, 0.25) is 0 Å². The summed E-state index contributed by atoms with van der Waals surface area (Å²) in [4.78, 5) is 12.7. The molecule has 3 heterocycles. The predicted octanol–water partition coefficient (Wildman–Crippen LogP) is 0.936. The molecular weight excluding hydrogens is 378 g/mol. The van der Waals surface area contributed by atoms with Crippen molar-refractivity contribution in [2.45, 2.75) is 44.3 Å². The Hall–Kier alpha value is -2.79. The lowest BCUT2D eigenvalue weighted by Crippen LogP contribution is -2.33. The van der Waals surface area contributed by atoms with E-state index in [1.165, 1.54) is 10.9 Å². The summed E-state index contributed by atoms with van der Waals surface area (Å²) in [6.45, 7) is 3.73. The van der Waals surface area contributed by atoms with Crippen molar-refractivity contribution in [3.8, 4) is 11.8 Å². The van der Waals surface area contributed by atoms with Gasteiger partial charge in [0, 0.05) is 0 Å². The number of nitrogens with zero attached hydrogens (tertiary/aromatic N) is 4. The van der Waals surface area contributed by atoms with E-state index < -0.39 is 31.1 Å². The highest BCUT2D eigenvalue weighted by Gasteiger charge is 2.44. The van der Waals surface area contributed by atoms with Crippen molar-refractivity contribution < 1.29 is 24.8 Å². The minimum absolute atomic E-state index is 0.0180. The first-order chi connectivity index (χ1) is 13.9. The highest BCUT2D eigenvalue weighted by molar-refractivity contribution is 5.82. The van der Waals surface area contributed by atoms with Crippen LogP contribution in [0.25, 0.3) is 11.2 Å². The molecule has 1 aromatic carbocycles. The van der Waals surface area contributed by atoms with Crippen molar-refractivity contribution in [1.29, 1.82) is 0 Å². The highest BCUT2D eigenvalue weighted by Crippen LogP contribution is 2.33. The second kappa shape index (κ2) is 7.56. The molecule has 0 aliphatic carbocycles. The standard InChI is InChI=1S/C19H23N5O5/c1-9(2)10-4-3-5-11(6-10)28-19-22-16(20)13-17(23-19)24(8-21-13)18-15(27)14(26)12(7-25)29-18/h3-6,8-9,12,14-15,18,25-27H,7H2,1-2H3,(H2,20,22,23)/t12-,14-,15-,18-/m1/s1. The number of aliphatic hydroxyl groups is 3. The Morgan fingerprint density at radius 2 is 2.03 bits per heavy atom. The molecule has 0 amide bonds. The number of hydrogen-bond acceptors (Lipinski definition) is 9. The molecule has 10 nitrogen and oxygen atoms in total. The van der Waals surface area contributed by atoms with Gasteiger partial charge in [-0.25, -0.2) is 4.98 Å². The maximum atomic E-state index is 10.3. The molecule has 4 atom stereocenters. The minimum atomic E-state index is -1.27. The smallest absolute Gasteiger partial charge is 0.326 e. The molecule has 1 saturated heterocycles. The molecule has 0 unspecified atom stereocenters. The van der Waals surface area contributed by atoms with E-state index in [1.54, 1.807) is 6.07 Å². The molecule has 1 fully saturated rings. The largest absolute Gasteiger partial charge is 0.424 e. The SMILES string of the molecule is CC(C)c1cccc(Oc2nc(N)c3ncn([C@@H]4O[C@H](CO)[C@@H](O)[C@H]4O)c3n2)c1.